The van der Waals surface area contributed by atoms with Gasteiger partial charge in [0.2, 0.25) is 11.8 Å². The van der Waals surface area contributed by atoms with Gasteiger partial charge in [0.1, 0.15) is 17.4 Å². The van der Waals surface area contributed by atoms with Gasteiger partial charge < -0.3 is 15.2 Å². The van der Waals surface area contributed by atoms with Crippen LogP contribution in [0.5, 0.6) is 11.6 Å². The van der Waals surface area contributed by atoms with Gasteiger partial charge in [-0.15, -0.1) is 5.10 Å². The van der Waals surface area contributed by atoms with Gasteiger partial charge in [-0.25, -0.2) is 0 Å². The van der Waals surface area contributed by atoms with Crippen LogP contribution in [0.15, 0.2) is 64.5 Å². The summed E-state index contributed by atoms with van der Waals surface area (Å²) in [5.74, 6) is 0.830. The van der Waals surface area contributed by atoms with E-state index < -0.39 is 5.92 Å². The largest absolute Gasteiger partial charge is 0.491 e. The molecule has 1 aliphatic rings. The first-order valence-electron chi connectivity index (χ1n) is 9.17. The van der Waals surface area contributed by atoms with Gasteiger partial charge in [0.05, 0.1) is 23.3 Å². The van der Waals surface area contributed by atoms with Crippen molar-refractivity contribution in [1.82, 2.24) is 10.2 Å². The summed E-state index contributed by atoms with van der Waals surface area (Å²) >= 11 is 3.60. The maximum absolute atomic E-state index is 9.80. The number of nitrogens with one attached hydrogen (secondary N) is 1. The van der Waals surface area contributed by atoms with E-state index in [-0.39, 0.29) is 12.0 Å². The highest BCUT2D eigenvalue weighted by Gasteiger charge is 2.36. The molecule has 0 bridgehead atoms. The van der Waals surface area contributed by atoms with Crippen molar-refractivity contribution in [2.75, 3.05) is 0 Å². The number of hydrogen-bond donors (Lipinski definition) is 2. The van der Waals surface area contributed by atoms with Gasteiger partial charge in [-0.1, -0.05) is 34.1 Å². The Morgan fingerprint density at radius 2 is 1.93 bits per heavy atom. The second-order valence-corrected chi connectivity index (χ2v) is 7.81. The summed E-state index contributed by atoms with van der Waals surface area (Å²) in [5.41, 5.74) is 9.78. The Balaban J connectivity index is 1.85. The number of hydrogen-bond acceptors (Lipinski definition) is 5. The molecule has 4 rings (SSSR count). The zero-order valence-electron chi connectivity index (χ0n) is 15.9. The first-order chi connectivity index (χ1) is 14.0. The topological polar surface area (TPSA) is 97.0 Å². The number of ether oxygens (including phenoxy) is 2. The Labute approximate surface area is 177 Å². The smallest absolute Gasteiger partial charge is 0.244 e. The van der Waals surface area contributed by atoms with Crippen LogP contribution in [-0.2, 0) is 0 Å². The molecule has 146 valence electrons. The number of nitrogens with zero attached hydrogens (tertiary/aromatic N) is 2. The van der Waals surface area contributed by atoms with Gasteiger partial charge in [0.25, 0.3) is 0 Å². The lowest BCUT2D eigenvalue weighted by atomic mass is 9.83. The van der Waals surface area contributed by atoms with Gasteiger partial charge in [0.15, 0.2) is 0 Å². The normalized spacial score (nSPS) is 15.6. The van der Waals surface area contributed by atoms with E-state index >= 15 is 0 Å². The molecule has 0 saturated carbocycles. The molecule has 0 aliphatic carbocycles. The number of allylic oxidation sites excluding steroid dienone is 1. The Hall–Kier alpha value is -3.24. The second-order valence-electron chi connectivity index (χ2n) is 6.95. The van der Waals surface area contributed by atoms with E-state index in [4.69, 9.17) is 15.2 Å². The molecule has 0 fully saturated rings. The first-order valence-corrected chi connectivity index (χ1v) is 9.96. The molecule has 2 aromatic carbocycles. The minimum Gasteiger partial charge on any atom is -0.491 e. The molecule has 3 N–H and O–H groups in total. The molecule has 0 amide bonds. The van der Waals surface area contributed by atoms with Crippen LogP contribution in [0.4, 0.5) is 0 Å². The zero-order valence-corrected chi connectivity index (χ0v) is 17.5. The Morgan fingerprint density at radius 1 is 1.21 bits per heavy atom. The molecular weight excluding hydrogens is 432 g/mol. The lowest BCUT2D eigenvalue weighted by Gasteiger charge is -2.25. The number of aromatic amines is 1. The predicted octanol–water partition coefficient (Wildman–Crippen LogP) is 4.84. The van der Waals surface area contributed by atoms with Crippen molar-refractivity contribution in [2.24, 2.45) is 5.73 Å². The SMILES string of the molecule is CC(C)Oc1ccc(-c2[nH]nc3c2[C@@H](c2ccccc2Br)C(C#N)=C(N)O3)cc1. The van der Waals surface area contributed by atoms with Crippen molar-refractivity contribution in [1.29, 1.82) is 5.26 Å². The van der Waals surface area contributed by atoms with Gasteiger partial charge in [-0.2, -0.15) is 5.26 Å². The average Bonchev–Trinajstić information content (AvgIpc) is 3.11. The van der Waals surface area contributed by atoms with E-state index in [1.165, 1.54) is 0 Å². The van der Waals surface area contributed by atoms with Gasteiger partial charge >= 0.3 is 0 Å². The first kappa shape index (κ1) is 19.1. The molecule has 0 saturated heterocycles. The van der Waals surface area contributed by atoms with Crippen LogP contribution < -0.4 is 15.2 Å². The van der Waals surface area contributed by atoms with E-state index in [1.807, 2.05) is 62.4 Å². The van der Waals surface area contributed by atoms with Crippen LogP contribution in [-0.4, -0.2) is 16.3 Å². The third-order valence-corrected chi connectivity index (χ3v) is 5.39. The van der Waals surface area contributed by atoms with Crippen molar-refractivity contribution in [3.8, 4) is 29.0 Å². The average molecular weight is 451 g/mol. The predicted molar refractivity (Wildman–Crippen MR) is 113 cm³/mol. The van der Waals surface area contributed by atoms with Crippen LogP contribution in [0, 0.1) is 11.3 Å². The standard InChI is InChI=1S/C22H19BrN4O2/c1-12(2)28-14-9-7-13(8-10-14)20-19-18(15-5-3-4-6-17(15)23)16(11-24)21(25)29-22(19)27-26-20/h3-10,12,18H,25H2,1-2H3,(H,26,27)/t18-/m0/s1. The fourth-order valence-electron chi connectivity index (χ4n) is 3.46. The third kappa shape index (κ3) is 3.47. The highest BCUT2D eigenvalue weighted by atomic mass is 79.9. The lowest BCUT2D eigenvalue weighted by Crippen LogP contribution is -2.21. The number of H-pyrrole nitrogens is 1. The van der Waals surface area contributed by atoms with Crippen molar-refractivity contribution in [3.63, 3.8) is 0 Å². The molecule has 0 spiro atoms. The summed E-state index contributed by atoms with van der Waals surface area (Å²) in [6, 6.07) is 17.7. The maximum Gasteiger partial charge on any atom is 0.244 e. The number of halogens is 1. The molecular formula is C22H19BrN4O2. The monoisotopic (exact) mass is 450 g/mol. The summed E-state index contributed by atoms with van der Waals surface area (Å²) in [7, 11) is 0. The van der Waals surface area contributed by atoms with E-state index in [0.29, 0.717) is 11.5 Å². The number of rotatable bonds is 4. The van der Waals surface area contributed by atoms with Crippen LogP contribution in [0.25, 0.3) is 11.3 Å². The molecule has 29 heavy (non-hydrogen) atoms. The highest BCUT2D eigenvalue weighted by Crippen LogP contribution is 2.47. The Morgan fingerprint density at radius 3 is 2.59 bits per heavy atom. The van der Waals surface area contributed by atoms with Crippen molar-refractivity contribution < 1.29 is 9.47 Å². The number of nitriles is 1. The summed E-state index contributed by atoms with van der Waals surface area (Å²) in [6.07, 6.45) is 0.0975. The Kier molecular flexibility index (Phi) is 5.03. The number of fused-ring (bicyclic) bond motifs is 1. The van der Waals surface area contributed by atoms with Crippen molar-refractivity contribution in [3.05, 3.63) is 75.6 Å². The number of benzene rings is 2. The molecule has 0 unspecified atom stereocenters. The van der Waals surface area contributed by atoms with Crippen LogP contribution in [0.3, 0.4) is 0 Å². The summed E-state index contributed by atoms with van der Waals surface area (Å²) in [5, 5.41) is 17.2. The summed E-state index contributed by atoms with van der Waals surface area (Å²) in [6.45, 7) is 3.97. The summed E-state index contributed by atoms with van der Waals surface area (Å²) < 4.78 is 12.3. The van der Waals surface area contributed by atoms with Crippen LogP contribution in [0.2, 0.25) is 0 Å². The quantitative estimate of drug-likeness (QED) is 0.592. The minimum atomic E-state index is -0.403. The molecule has 1 atom stereocenters. The Bertz CT molecular complexity index is 1130. The number of nitrogens with two attached hydrogens (primary N) is 1. The van der Waals surface area contributed by atoms with Crippen LogP contribution >= 0.6 is 15.9 Å². The molecule has 7 heteroatoms. The number of aromatic nitrogens is 2. The molecule has 2 heterocycles. The third-order valence-electron chi connectivity index (χ3n) is 4.67. The maximum atomic E-state index is 9.80. The van der Waals surface area contributed by atoms with E-state index in [9.17, 15) is 5.26 Å². The molecule has 1 aromatic heterocycles. The van der Waals surface area contributed by atoms with Gasteiger partial charge in [-0.3, -0.25) is 5.10 Å². The zero-order chi connectivity index (χ0) is 20.5. The molecule has 0 radical (unpaired) electrons. The fraction of sp³-hybridized carbons (Fsp3) is 0.182. The molecule has 6 nitrogen and oxygen atoms in total. The van der Waals surface area contributed by atoms with E-state index in [2.05, 4.69) is 32.2 Å². The van der Waals surface area contributed by atoms with E-state index in [1.54, 1.807) is 0 Å². The lowest BCUT2D eigenvalue weighted by molar-refractivity contribution is 0.242. The van der Waals surface area contributed by atoms with E-state index in [0.717, 1.165) is 32.6 Å². The van der Waals surface area contributed by atoms with Gasteiger partial charge in [0, 0.05) is 10.0 Å². The van der Waals surface area contributed by atoms with Crippen molar-refractivity contribution >= 4 is 15.9 Å². The van der Waals surface area contributed by atoms with Crippen molar-refractivity contribution in [2.45, 2.75) is 25.9 Å². The molecule has 1 aliphatic heterocycles. The minimum absolute atomic E-state index is 0.0690. The van der Waals surface area contributed by atoms with Crippen LogP contribution in [0.1, 0.15) is 30.9 Å². The molecule has 3 aromatic rings. The fourth-order valence-corrected chi connectivity index (χ4v) is 3.97. The van der Waals surface area contributed by atoms with Gasteiger partial charge in [-0.05, 0) is 49.7 Å². The second kappa shape index (κ2) is 7.64. The highest BCUT2D eigenvalue weighted by molar-refractivity contribution is 9.10. The summed E-state index contributed by atoms with van der Waals surface area (Å²) in [4.78, 5) is 0.